The Morgan fingerprint density at radius 1 is 0.972 bits per heavy atom. The van der Waals surface area contributed by atoms with Crippen molar-refractivity contribution in [2.45, 2.75) is 30.6 Å². The van der Waals surface area contributed by atoms with Gasteiger partial charge in [0.15, 0.2) is 0 Å². The Labute approximate surface area is 216 Å². The van der Waals surface area contributed by atoms with Crippen molar-refractivity contribution in [1.29, 1.82) is 0 Å². The van der Waals surface area contributed by atoms with Crippen LogP contribution in [0.25, 0.3) is 0 Å². The fraction of sp³-hybridized carbons (Fsp3) is 0.208. The molecule has 0 saturated heterocycles. The fourth-order valence-corrected chi connectivity index (χ4v) is 6.35. The van der Waals surface area contributed by atoms with E-state index in [0.29, 0.717) is 11.4 Å². The molecule has 2 aromatic carbocycles. The fourth-order valence-electron chi connectivity index (χ4n) is 3.86. The molecule has 0 atom stereocenters. The minimum atomic E-state index is -4.00. The van der Waals surface area contributed by atoms with Crippen molar-refractivity contribution < 1.29 is 27.5 Å². The molecule has 12 heteroatoms. The van der Waals surface area contributed by atoms with E-state index in [2.05, 4.69) is 20.1 Å². The Morgan fingerprint density at radius 3 is 2.39 bits per heavy atom. The van der Waals surface area contributed by atoms with Crippen LogP contribution in [0.1, 0.15) is 44.0 Å². The summed E-state index contributed by atoms with van der Waals surface area (Å²) in [4.78, 5) is 38.7. The molecule has 3 aromatic rings. The Hall–Kier alpha value is -3.41. The van der Waals surface area contributed by atoms with Gasteiger partial charge >= 0.3 is 6.09 Å². The summed E-state index contributed by atoms with van der Waals surface area (Å²) >= 11 is 7.12. The first-order valence-electron chi connectivity index (χ1n) is 10.9. The number of thiophene rings is 1. The second-order valence-electron chi connectivity index (χ2n) is 7.92. The molecule has 0 fully saturated rings. The van der Waals surface area contributed by atoms with Gasteiger partial charge in [-0.2, -0.15) is 0 Å². The molecule has 3 amide bonds. The number of carbonyl (C=O) groups excluding carboxylic acids is 3. The van der Waals surface area contributed by atoms with Crippen LogP contribution in [0.2, 0.25) is 5.02 Å². The lowest BCUT2D eigenvalue weighted by molar-refractivity contribution is 0.0937. The third-order valence-corrected chi connectivity index (χ3v) is 8.41. The number of nitrogens with one attached hydrogen (secondary N) is 3. The smallest absolute Gasteiger partial charge is 0.413 e. The van der Waals surface area contributed by atoms with Gasteiger partial charge in [0.1, 0.15) is 5.00 Å². The average Bonchev–Trinajstić information content (AvgIpc) is 3.22. The number of rotatable bonds is 6. The third-order valence-electron chi connectivity index (χ3n) is 5.57. The molecule has 0 aliphatic heterocycles. The summed E-state index contributed by atoms with van der Waals surface area (Å²) in [7, 11) is -2.85. The molecular formula is C24H22ClN3O6S2. The molecule has 1 aliphatic rings. The van der Waals surface area contributed by atoms with E-state index < -0.39 is 27.9 Å². The molecule has 0 radical (unpaired) electrons. The number of para-hydroxylation sites is 1. The number of fused-ring (bicyclic) bond motifs is 1. The highest BCUT2D eigenvalue weighted by atomic mass is 35.5. The summed E-state index contributed by atoms with van der Waals surface area (Å²) in [5.74, 6) is -1.29. The molecule has 3 N–H and O–H groups in total. The van der Waals surface area contributed by atoms with E-state index in [-0.39, 0.29) is 26.7 Å². The highest BCUT2D eigenvalue weighted by molar-refractivity contribution is 7.92. The maximum absolute atomic E-state index is 13.3. The number of sulfonamides is 1. The van der Waals surface area contributed by atoms with Gasteiger partial charge in [0.05, 0.1) is 28.8 Å². The normalized spacial score (nSPS) is 12.8. The summed E-state index contributed by atoms with van der Waals surface area (Å²) in [5, 5.41) is 5.57. The Balaban J connectivity index is 1.64. The summed E-state index contributed by atoms with van der Waals surface area (Å²) in [5.41, 5.74) is 1.12. The Morgan fingerprint density at radius 2 is 1.67 bits per heavy atom. The van der Waals surface area contributed by atoms with E-state index in [1.165, 1.54) is 47.7 Å². The standard InChI is InChI=1S/C24H22ClN3O6S2/c1-34-24(31)27-22(30)20-17-7-3-5-9-19(17)35-23(20)26-21(29)16-6-2-4-8-18(16)28-36(32,33)15-12-10-14(25)11-13-15/h2,4,6,8,10-13,28H,3,5,7,9H2,1H3,(H,26,29)(H,27,30,31). The highest BCUT2D eigenvalue weighted by Crippen LogP contribution is 2.38. The van der Waals surface area contributed by atoms with E-state index in [4.69, 9.17) is 11.6 Å². The summed E-state index contributed by atoms with van der Waals surface area (Å²) in [6.45, 7) is 0. The van der Waals surface area contributed by atoms with Crippen LogP contribution in [-0.4, -0.2) is 33.4 Å². The number of benzene rings is 2. The highest BCUT2D eigenvalue weighted by Gasteiger charge is 2.28. The van der Waals surface area contributed by atoms with E-state index in [9.17, 15) is 22.8 Å². The molecule has 0 bridgehead atoms. The zero-order valence-electron chi connectivity index (χ0n) is 19.1. The van der Waals surface area contributed by atoms with Crippen molar-refractivity contribution in [1.82, 2.24) is 5.32 Å². The molecule has 36 heavy (non-hydrogen) atoms. The number of imide groups is 1. The predicted molar refractivity (Wildman–Crippen MR) is 137 cm³/mol. The first-order valence-corrected chi connectivity index (χ1v) is 13.6. The zero-order valence-corrected chi connectivity index (χ0v) is 21.5. The second-order valence-corrected chi connectivity index (χ2v) is 11.1. The van der Waals surface area contributed by atoms with Crippen LogP contribution in [0.5, 0.6) is 0 Å². The SMILES string of the molecule is COC(=O)NC(=O)c1c(NC(=O)c2ccccc2NS(=O)(=O)c2ccc(Cl)cc2)sc2c1CCCC2. The molecule has 9 nitrogen and oxygen atoms in total. The zero-order chi connectivity index (χ0) is 25.9. The number of halogens is 1. The number of aryl methyl sites for hydroxylation is 1. The lowest BCUT2D eigenvalue weighted by Gasteiger charge is -2.14. The number of ether oxygens (including phenoxy) is 1. The number of alkyl carbamates (subject to hydrolysis) is 1. The third kappa shape index (κ3) is 5.53. The predicted octanol–water partition coefficient (Wildman–Crippen LogP) is 4.83. The number of anilines is 2. The summed E-state index contributed by atoms with van der Waals surface area (Å²) < 4.78 is 32.7. The quantitative estimate of drug-likeness (QED) is 0.405. The van der Waals surface area contributed by atoms with Crippen molar-refractivity contribution >= 4 is 61.6 Å². The largest absolute Gasteiger partial charge is 0.453 e. The van der Waals surface area contributed by atoms with Gasteiger partial charge in [-0.05, 0) is 67.6 Å². The number of carbonyl (C=O) groups is 3. The molecule has 1 aromatic heterocycles. The average molecular weight is 548 g/mol. The summed E-state index contributed by atoms with van der Waals surface area (Å²) in [6, 6.07) is 11.7. The van der Waals surface area contributed by atoms with Crippen molar-refractivity contribution in [3.05, 3.63) is 75.1 Å². The van der Waals surface area contributed by atoms with Crippen molar-refractivity contribution in [3.8, 4) is 0 Å². The molecule has 4 rings (SSSR count). The lowest BCUT2D eigenvalue weighted by Crippen LogP contribution is -2.31. The topological polar surface area (TPSA) is 131 Å². The van der Waals surface area contributed by atoms with Gasteiger partial charge in [-0.1, -0.05) is 23.7 Å². The number of hydrogen-bond acceptors (Lipinski definition) is 7. The number of methoxy groups -OCH3 is 1. The van der Waals surface area contributed by atoms with E-state index >= 15 is 0 Å². The Kier molecular flexibility index (Phi) is 7.62. The van der Waals surface area contributed by atoms with Crippen LogP contribution in [0, 0.1) is 0 Å². The number of amides is 3. The molecule has 0 unspecified atom stereocenters. The van der Waals surface area contributed by atoms with E-state index in [0.717, 1.165) is 36.8 Å². The van der Waals surface area contributed by atoms with Gasteiger partial charge in [0, 0.05) is 9.90 Å². The molecule has 1 aliphatic carbocycles. The second kappa shape index (κ2) is 10.7. The van der Waals surface area contributed by atoms with Crippen LogP contribution >= 0.6 is 22.9 Å². The van der Waals surface area contributed by atoms with Crippen LogP contribution in [0.15, 0.2) is 53.4 Å². The molecular weight excluding hydrogens is 526 g/mol. The molecule has 188 valence electrons. The minimum Gasteiger partial charge on any atom is -0.453 e. The molecule has 1 heterocycles. The number of hydrogen-bond donors (Lipinski definition) is 3. The van der Waals surface area contributed by atoms with Crippen molar-refractivity contribution in [3.63, 3.8) is 0 Å². The van der Waals surface area contributed by atoms with E-state index in [1.54, 1.807) is 12.1 Å². The van der Waals surface area contributed by atoms with Gasteiger partial charge in [-0.15, -0.1) is 11.3 Å². The van der Waals surface area contributed by atoms with Gasteiger partial charge in [0.2, 0.25) is 0 Å². The van der Waals surface area contributed by atoms with Gasteiger partial charge in [-0.3, -0.25) is 19.6 Å². The first-order chi connectivity index (χ1) is 17.2. The van der Waals surface area contributed by atoms with Crippen LogP contribution in [0.3, 0.4) is 0 Å². The van der Waals surface area contributed by atoms with Crippen molar-refractivity contribution in [2.75, 3.05) is 17.1 Å². The Bertz CT molecular complexity index is 1430. The lowest BCUT2D eigenvalue weighted by atomic mass is 9.95. The monoisotopic (exact) mass is 547 g/mol. The molecule has 0 spiro atoms. The summed E-state index contributed by atoms with van der Waals surface area (Å²) in [6.07, 6.45) is 2.32. The van der Waals surface area contributed by atoms with Gasteiger partial charge in [-0.25, -0.2) is 13.2 Å². The maximum atomic E-state index is 13.3. The van der Waals surface area contributed by atoms with Crippen molar-refractivity contribution in [2.24, 2.45) is 0 Å². The van der Waals surface area contributed by atoms with Crippen LogP contribution in [0.4, 0.5) is 15.5 Å². The van der Waals surface area contributed by atoms with Crippen LogP contribution in [-0.2, 0) is 27.6 Å². The maximum Gasteiger partial charge on any atom is 0.413 e. The van der Waals surface area contributed by atoms with Gasteiger partial charge < -0.3 is 10.1 Å². The first kappa shape index (κ1) is 25.7. The molecule has 0 saturated carbocycles. The minimum absolute atomic E-state index is 0.0187. The van der Waals surface area contributed by atoms with Crippen LogP contribution < -0.4 is 15.4 Å². The van der Waals surface area contributed by atoms with E-state index in [1.807, 2.05) is 0 Å². The van der Waals surface area contributed by atoms with Gasteiger partial charge in [0.25, 0.3) is 21.8 Å².